The van der Waals surface area contributed by atoms with Gasteiger partial charge >= 0.3 is 0 Å². The van der Waals surface area contributed by atoms with Gasteiger partial charge in [0.05, 0.1) is 22.1 Å². The highest BCUT2D eigenvalue weighted by Gasteiger charge is 2.23. The molecule has 7 aromatic carbocycles. The molecule has 0 aliphatic rings. The van der Waals surface area contributed by atoms with Gasteiger partial charge in [0.15, 0.2) is 5.58 Å². The number of furan rings is 1. The van der Waals surface area contributed by atoms with Gasteiger partial charge in [0, 0.05) is 38.8 Å². The fraction of sp³-hybridized carbons (Fsp3) is 0. The first-order valence-electron chi connectivity index (χ1n) is 16.1. The molecule has 0 amide bonds. The Morgan fingerprint density at radius 2 is 1.23 bits per heavy atom. The van der Waals surface area contributed by atoms with Gasteiger partial charge in [-0.3, -0.25) is 0 Å². The van der Waals surface area contributed by atoms with E-state index in [1.807, 2.05) is 42.5 Å². The van der Waals surface area contributed by atoms with E-state index in [2.05, 4.69) is 131 Å². The number of aromatic nitrogens is 2. The molecule has 0 bridgehead atoms. The Hall–Kier alpha value is -6.59. The molecule has 0 spiro atoms. The molecule has 3 heterocycles. The molecule has 0 aliphatic heterocycles. The standard InChI is InChI=1S/C43H27N3O2/c1-4-13-28(14-5-1)43-44-35-24-26-39-40(42(35)48-43)34-27-31(23-25-38(34)47-39)45(29-15-6-2-7-16-29)37-22-12-20-33-32-19-10-11-21-36(32)46(41(33)37)30-17-8-3-9-18-30/h1-27H. The Bertz CT molecular complexity index is 2780. The van der Waals surface area contributed by atoms with Crippen molar-refractivity contribution in [3.8, 4) is 17.1 Å². The number of benzene rings is 7. The number of hydrogen-bond acceptors (Lipinski definition) is 4. The maximum absolute atomic E-state index is 6.47. The Morgan fingerprint density at radius 3 is 2.06 bits per heavy atom. The summed E-state index contributed by atoms with van der Waals surface area (Å²) in [4.78, 5) is 7.19. The maximum atomic E-state index is 6.47. The van der Waals surface area contributed by atoms with Gasteiger partial charge < -0.3 is 18.3 Å². The molecule has 226 valence electrons. The zero-order valence-corrected chi connectivity index (χ0v) is 25.7. The zero-order valence-electron chi connectivity index (χ0n) is 25.7. The van der Waals surface area contributed by atoms with E-state index in [-0.39, 0.29) is 0 Å². The molecular weight excluding hydrogens is 590 g/mol. The van der Waals surface area contributed by atoms with Crippen LogP contribution in [0.25, 0.3) is 72.0 Å². The summed E-state index contributed by atoms with van der Waals surface area (Å²) in [5, 5.41) is 4.30. The van der Waals surface area contributed by atoms with Crippen LogP contribution < -0.4 is 4.90 Å². The van der Waals surface area contributed by atoms with Gasteiger partial charge in [-0.2, -0.15) is 0 Å². The minimum atomic E-state index is 0.593. The lowest BCUT2D eigenvalue weighted by Gasteiger charge is -2.27. The van der Waals surface area contributed by atoms with E-state index >= 15 is 0 Å². The molecule has 10 rings (SSSR count). The van der Waals surface area contributed by atoms with E-state index in [0.29, 0.717) is 5.89 Å². The summed E-state index contributed by atoms with van der Waals surface area (Å²) in [6, 6.07) is 56.8. The Balaban J connectivity index is 1.26. The second-order valence-electron chi connectivity index (χ2n) is 12.0. The molecule has 10 aromatic rings. The Kier molecular flexibility index (Phi) is 5.81. The van der Waals surface area contributed by atoms with Crippen LogP contribution in [0.4, 0.5) is 17.1 Å². The Morgan fingerprint density at radius 1 is 0.521 bits per heavy atom. The van der Waals surface area contributed by atoms with Crippen molar-refractivity contribution in [3.63, 3.8) is 0 Å². The molecule has 0 radical (unpaired) electrons. The molecule has 0 saturated carbocycles. The summed E-state index contributed by atoms with van der Waals surface area (Å²) in [6.45, 7) is 0. The molecule has 5 nitrogen and oxygen atoms in total. The lowest BCUT2D eigenvalue weighted by Crippen LogP contribution is -2.11. The minimum absolute atomic E-state index is 0.593. The molecular formula is C43H27N3O2. The van der Waals surface area contributed by atoms with Crippen molar-refractivity contribution in [2.45, 2.75) is 0 Å². The van der Waals surface area contributed by atoms with Gasteiger partial charge in [0.1, 0.15) is 16.7 Å². The highest BCUT2D eigenvalue weighted by atomic mass is 16.4. The number of anilines is 3. The van der Waals surface area contributed by atoms with E-state index in [1.165, 1.54) is 10.8 Å². The van der Waals surface area contributed by atoms with E-state index in [0.717, 1.165) is 72.4 Å². The van der Waals surface area contributed by atoms with Gasteiger partial charge in [0.25, 0.3) is 0 Å². The minimum Gasteiger partial charge on any atom is -0.456 e. The van der Waals surface area contributed by atoms with E-state index in [4.69, 9.17) is 13.8 Å². The number of para-hydroxylation sites is 4. The van der Waals surface area contributed by atoms with Crippen molar-refractivity contribution in [2.75, 3.05) is 4.90 Å². The summed E-state index contributed by atoms with van der Waals surface area (Å²) in [5.41, 5.74) is 10.6. The Labute approximate surface area is 275 Å². The van der Waals surface area contributed by atoms with E-state index in [9.17, 15) is 0 Å². The van der Waals surface area contributed by atoms with Crippen molar-refractivity contribution >= 4 is 71.9 Å². The first-order valence-corrected chi connectivity index (χ1v) is 16.1. The van der Waals surface area contributed by atoms with Crippen LogP contribution in [0, 0.1) is 0 Å². The van der Waals surface area contributed by atoms with Crippen LogP contribution in [0.5, 0.6) is 0 Å². The summed E-state index contributed by atoms with van der Waals surface area (Å²) >= 11 is 0. The van der Waals surface area contributed by atoms with Crippen molar-refractivity contribution in [1.29, 1.82) is 0 Å². The van der Waals surface area contributed by atoms with Gasteiger partial charge in [-0.1, -0.05) is 84.9 Å². The number of hydrogen-bond donors (Lipinski definition) is 0. The van der Waals surface area contributed by atoms with Crippen LogP contribution in [0.2, 0.25) is 0 Å². The van der Waals surface area contributed by atoms with Gasteiger partial charge in [-0.15, -0.1) is 0 Å². The first-order chi connectivity index (χ1) is 23.8. The molecule has 0 fully saturated rings. The van der Waals surface area contributed by atoms with Crippen molar-refractivity contribution < 1.29 is 8.83 Å². The fourth-order valence-corrected chi connectivity index (χ4v) is 7.11. The quantitative estimate of drug-likeness (QED) is 0.193. The van der Waals surface area contributed by atoms with Crippen LogP contribution in [0.3, 0.4) is 0 Å². The lowest BCUT2D eigenvalue weighted by molar-refractivity contribution is 0.622. The lowest BCUT2D eigenvalue weighted by atomic mass is 10.1. The third-order valence-electron chi connectivity index (χ3n) is 9.19. The zero-order chi connectivity index (χ0) is 31.6. The third kappa shape index (κ3) is 4.01. The highest BCUT2D eigenvalue weighted by Crippen LogP contribution is 2.45. The fourth-order valence-electron chi connectivity index (χ4n) is 7.11. The largest absolute Gasteiger partial charge is 0.456 e. The maximum Gasteiger partial charge on any atom is 0.227 e. The van der Waals surface area contributed by atoms with Crippen molar-refractivity contribution in [1.82, 2.24) is 9.55 Å². The summed E-state index contributed by atoms with van der Waals surface area (Å²) in [7, 11) is 0. The van der Waals surface area contributed by atoms with E-state index in [1.54, 1.807) is 0 Å². The molecule has 48 heavy (non-hydrogen) atoms. The normalized spacial score (nSPS) is 11.8. The third-order valence-corrected chi connectivity index (χ3v) is 9.19. The molecule has 0 aliphatic carbocycles. The SMILES string of the molecule is c1ccc(-c2nc3ccc4oc5ccc(N(c6ccccc6)c6cccc7c8ccccc8n(-c8ccccc8)c67)cc5c4c3o2)cc1. The highest BCUT2D eigenvalue weighted by molar-refractivity contribution is 6.18. The molecule has 5 heteroatoms. The second-order valence-corrected chi connectivity index (χ2v) is 12.0. The number of fused-ring (bicyclic) bond motifs is 8. The van der Waals surface area contributed by atoms with Crippen LogP contribution in [-0.2, 0) is 0 Å². The van der Waals surface area contributed by atoms with Crippen LogP contribution in [-0.4, -0.2) is 9.55 Å². The first kappa shape index (κ1) is 26.6. The average molecular weight is 618 g/mol. The van der Waals surface area contributed by atoms with Gasteiger partial charge in [-0.05, 0) is 78.9 Å². The van der Waals surface area contributed by atoms with Gasteiger partial charge in [0.2, 0.25) is 5.89 Å². The predicted octanol–water partition coefficient (Wildman–Crippen LogP) is 12.0. The summed E-state index contributed by atoms with van der Waals surface area (Å²) in [6.07, 6.45) is 0. The second kappa shape index (κ2) is 10.5. The molecule has 0 saturated heterocycles. The van der Waals surface area contributed by atoms with E-state index < -0.39 is 0 Å². The topological polar surface area (TPSA) is 47.3 Å². The molecule has 3 aromatic heterocycles. The predicted molar refractivity (Wildman–Crippen MR) is 196 cm³/mol. The van der Waals surface area contributed by atoms with Crippen LogP contribution in [0.15, 0.2) is 173 Å². The molecule has 0 N–H and O–H groups in total. The van der Waals surface area contributed by atoms with Crippen LogP contribution in [0.1, 0.15) is 0 Å². The monoisotopic (exact) mass is 617 g/mol. The number of nitrogens with zero attached hydrogens (tertiary/aromatic N) is 3. The number of oxazole rings is 1. The van der Waals surface area contributed by atoms with Crippen molar-refractivity contribution in [2.24, 2.45) is 0 Å². The average Bonchev–Trinajstić information content (AvgIpc) is 3.85. The van der Waals surface area contributed by atoms with Crippen LogP contribution >= 0.6 is 0 Å². The molecule has 0 unspecified atom stereocenters. The summed E-state index contributed by atoms with van der Waals surface area (Å²) in [5.74, 6) is 0.593. The van der Waals surface area contributed by atoms with Crippen molar-refractivity contribution in [3.05, 3.63) is 164 Å². The van der Waals surface area contributed by atoms with Gasteiger partial charge in [-0.25, -0.2) is 4.98 Å². The number of rotatable bonds is 5. The summed E-state index contributed by atoms with van der Waals surface area (Å²) < 4.78 is 15.2. The smallest absolute Gasteiger partial charge is 0.227 e. The molecule has 0 atom stereocenters.